The Morgan fingerprint density at radius 2 is 1.78 bits per heavy atom. The van der Waals surface area contributed by atoms with Gasteiger partial charge < -0.3 is 25.1 Å². The van der Waals surface area contributed by atoms with E-state index < -0.39 is 5.60 Å². The Morgan fingerprint density at radius 1 is 1.02 bits per heavy atom. The van der Waals surface area contributed by atoms with E-state index in [0.717, 1.165) is 81.9 Å². The number of piperazine rings is 1. The Kier molecular flexibility index (Phi) is 9.87. The second-order valence-electron chi connectivity index (χ2n) is 16.7. The number of nitrogens with one attached hydrogen (secondary N) is 1. The highest BCUT2D eigenvalue weighted by molar-refractivity contribution is 7.16. The number of allylic oxidation sites excluding steroid dienone is 4. The molecule has 6 aliphatic rings. The molecule has 1 aromatic heterocycles. The molecule has 2 aliphatic heterocycles. The van der Waals surface area contributed by atoms with Crippen molar-refractivity contribution in [2.45, 2.75) is 77.2 Å². The zero-order valence-electron chi connectivity index (χ0n) is 32.8. The molecule has 0 spiro atoms. The number of nitrogens with zero attached hydrogens (tertiary/aromatic N) is 4. The predicted molar refractivity (Wildman–Crippen MR) is 223 cm³/mol. The summed E-state index contributed by atoms with van der Waals surface area (Å²) in [6, 6.07) is 19.5. The molecule has 54 heavy (non-hydrogen) atoms. The van der Waals surface area contributed by atoms with Crippen molar-refractivity contribution < 1.29 is 9.90 Å². The van der Waals surface area contributed by atoms with E-state index in [4.69, 9.17) is 4.99 Å². The predicted octanol–water partition coefficient (Wildman–Crippen LogP) is 8.85. The van der Waals surface area contributed by atoms with Crippen LogP contribution in [0.1, 0.15) is 80.7 Å². The van der Waals surface area contributed by atoms with Crippen LogP contribution < -0.4 is 10.2 Å². The third-order valence-electron chi connectivity index (χ3n) is 13.3. The number of hydrogen-bond acceptors (Lipinski definition) is 8. The number of likely N-dealkylation sites (N-methyl/N-ethyl adjacent to an activating group) is 1. The van der Waals surface area contributed by atoms with Gasteiger partial charge in [-0.2, -0.15) is 0 Å². The standard InChI is InChI=1S/C29H35NO2.C17H20N4S/c1-5-15-29(32)16-14-26-24-12-8-20-17-22(31)11-13-23(20)27(24)25(18-28(26,29)2)19-6-9-21(10-7-19)30(3)4;1-12-11-13-16(21-9-7-20(2)8-10-21)18-14-5-3-4-6-15(14)19-17(13)22-12/h6-7,9-10,17,24-26,32H,8,11-14,16,18H2,1-4H3;3-6,11,19H,7-10H2,1-2H3/t24-,25+,26-,28-,29-;/m0./s1. The van der Waals surface area contributed by atoms with E-state index in [9.17, 15) is 9.90 Å². The molecule has 3 aromatic rings. The fourth-order valence-corrected chi connectivity index (χ4v) is 11.3. The zero-order chi connectivity index (χ0) is 37.8. The van der Waals surface area contributed by atoms with Crippen molar-refractivity contribution in [1.82, 2.24) is 9.80 Å². The minimum absolute atomic E-state index is 0.221. The Morgan fingerprint density at radius 3 is 2.52 bits per heavy atom. The number of benzene rings is 2. The number of anilines is 3. The average molecular weight is 742 g/mol. The molecule has 0 radical (unpaired) electrons. The fraction of sp³-hybridized carbons (Fsp3) is 0.478. The maximum Gasteiger partial charge on any atom is 0.156 e. The molecule has 1 saturated heterocycles. The zero-order valence-corrected chi connectivity index (χ0v) is 33.7. The lowest BCUT2D eigenvalue weighted by atomic mass is 9.51. The molecule has 2 saturated carbocycles. The van der Waals surface area contributed by atoms with E-state index in [1.807, 2.05) is 13.0 Å². The number of fused-ring (bicyclic) bond motifs is 6. The van der Waals surface area contributed by atoms with Gasteiger partial charge in [0.15, 0.2) is 5.78 Å². The van der Waals surface area contributed by atoms with Crippen molar-refractivity contribution in [3.05, 3.63) is 93.4 Å². The van der Waals surface area contributed by atoms with Crippen LogP contribution in [0, 0.1) is 36.0 Å². The minimum atomic E-state index is -0.914. The maximum atomic E-state index is 12.2. The lowest BCUT2D eigenvalue weighted by molar-refractivity contribution is -0.114. The highest BCUT2D eigenvalue weighted by Gasteiger charge is 2.62. The number of hydrogen-bond donors (Lipinski definition) is 2. The topological polar surface area (TPSA) is 71.4 Å². The molecule has 8 heteroatoms. The van der Waals surface area contributed by atoms with E-state index in [0.29, 0.717) is 18.3 Å². The Balaban J connectivity index is 0.000000164. The van der Waals surface area contributed by atoms with Crippen molar-refractivity contribution in [2.75, 3.05) is 57.5 Å². The molecule has 7 nitrogen and oxygen atoms in total. The summed E-state index contributed by atoms with van der Waals surface area (Å²) >= 11 is 1.81. The van der Waals surface area contributed by atoms with Gasteiger partial charge in [0.2, 0.25) is 0 Å². The highest BCUT2D eigenvalue weighted by Crippen LogP contribution is 2.66. The SMILES string of the molecule is CC#C[C@]1(O)CC[C@H]2[C@@H]3CCC4=CC(=O)CCC4=C3[C@@H](c3ccc(N(C)C)cc3)C[C@@]21C.Cc1cc2c(s1)Nc1ccccc1N=C2N1CCN(C)CC1. The first kappa shape index (κ1) is 36.8. The van der Waals surface area contributed by atoms with Gasteiger partial charge >= 0.3 is 0 Å². The molecule has 9 rings (SSSR count). The van der Waals surface area contributed by atoms with Gasteiger partial charge in [0.05, 0.1) is 16.9 Å². The number of ketones is 1. The van der Waals surface area contributed by atoms with Crippen LogP contribution in [-0.4, -0.2) is 79.4 Å². The van der Waals surface area contributed by atoms with E-state index in [2.05, 4.69) is 121 Å². The number of rotatable bonds is 2. The van der Waals surface area contributed by atoms with Gasteiger partial charge in [-0.3, -0.25) is 4.79 Å². The van der Waals surface area contributed by atoms with Crippen molar-refractivity contribution in [2.24, 2.45) is 22.2 Å². The Labute approximate surface area is 325 Å². The summed E-state index contributed by atoms with van der Waals surface area (Å²) in [6.07, 6.45) is 8.23. The summed E-state index contributed by atoms with van der Waals surface area (Å²) in [6.45, 7) is 10.6. The van der Waals surface area contributed by atoms with Crippen LogP contribution in [0.2, 0.25) is 0 Å². The Hall–Kier alpha value is -4.16. The van der Waals surface area contributed by atoms with Gasteiger partial charge in [0, 0.05) is 68.6 Å². The number of para-hydroxylation sites is 2. The molecule has 0 bridgehead atoms. The Bertz CT molecular complexity index is 2090. The molecular formula is C46H55N5O2S. The lowest BCUT2D eigenvalue weighted by Crippen LogP contribution is -2.51. The van der Waals surface area contributed by atoms with Gasteiger partial charge in [0.1, 0.15) is 16.4 Å². The van der Waals surface area contributed by atoms with Crippen molar-refractivity contribution in [3.63, 3.8) is 0 Å². The number of aliphatic hydroxyl groups is 1. The first-order valence-corrected chi connectivity index (χ1v) is 20.7. The smallest absolute Gasteiger partial charge is 0.156 e. The first-order chi connectivity index (χ1) is 26.0. The monoisotopic (exact) mass is 741 g/mol. The summed E-state index contributed by atoms with van der Waals surface area (Å²) in [7, 11) is 6.33. The van der Waals surface area contributed by atoms with E-state index in [1.54, 1.807) is 16.9 Å². The molecule has 4 aliphatic carbocycles. The number of amidine groups is 1. The summed E-state index contributed by atoms with van der Waals surface area (Å²) in [5.41, 5.74) is 9.07. The molecule has 0 unspecified atom stereocenters. The lowest BCUT2D eigenvalue weighted by Gasteiger charge is -2.53. The third kappa shape index (κ3) is 6.52. The molecule has 2 aromatic carbocycles. The molecule has 2 N–H and O–H groups in total. The second-order valence-corrected chi connectivity index (χ2v) is 18.0. The van der Waals surface area contributed by atoms with Crippen LogP contribution in [0.15, 0.2) is 82.4 Å². The quantitative estimate of drug-likeness (QED) is 0.256. The van der Waals surface area contributed by atoms with Gasteiger partial charge in [-0.25, -0.2) is 4.99 Å². The van der Waals surface area contributed by atoms with E-state index in [1.165, 1.54) is 37.8 Å². The highest BCUT2D eigenvalue weighted by atomic mass is 32.1. The molecule has 0 amide bonds. The van der Waals surface area contributed by atoms with Crippen LogP contribution in [0.25, 0.3) is 0 Å². The number of aliphatic imine (C=N–C) groups is 1. The average Bonchev–Trinajstić information content (AvgIpc) is 3.60. The number of carbonyl (C=O) groups is 1. The number of aryl methyl sites for hydroxylation is 1. The normalized spacial score (nSPS) is 28.6. The molecule has 282 valence electrons. The van der Waals surface area contributed by atoms with E-state index >= 15 is 0 Å². The minimum Gasteiger partial charge on any atom is -0.378 e. The van der Waals surface area contributed by atoms with Gasteiger partial charge in [-0.1, -0.05) is 42.7 Å². The van der Waals surface area contributed by atoms with Crippen molar-refractivity contribution >= 4 is 45.0 Å². The molecule has 3 fully saturated rings. The maximum absolute atomic E-state index is 12.2. The van der Waals surface area contributed by atoms with E-state index in [-0.39, 0.29) is 17.1 Å². The largest absolute Gasteiger partial charge is 0.378 e. The summed E-state index contributed by atoms with van der Waals surface area (Å²) < 4.78 is 0. The van der Waals surface area contributed by atoms with Gasteiger partial charge in [-0.05, 0) is 124 Å². The number of carbonyl (C=O) groups excluding carboxylic acids is 1. The van der Waals surface area contributed by atoms with Crippen LogP contribution in [0.4, 0.5) is 22.1 Å². The number of thiophene rings is 1. The summed E-state index contributed by atoms with van der Waals surface area (Å²) in [5, 5.41) is 16.5. The third-order valence-corrected chi connectivity index (χ3v) is 14.3. The molecule has 3 heterocycles. The van der Waals surface area contributed by atoms with Crippen LogP contribution >= 0.6 is 11.3 Å². The van der Waals surface area contributed by atoms with Gasteiger partial charge in [-0.15, -0.1) is 17.3 Å². The summed E-state index contributed by atoms with van der Waals surface area (Å²) in [4.78, 5) is 25.4. The van der Waals surface area contributed by atoms with Crippen molar-refractivity contribution in [3.8, 4) is 11.8 Å². The van der Waals surface area contributed by atoms with Crippen LogP contribution in [-0.2, 0) is 4.79 Å². The molecule has 5 atom stereocenters. The summed E-state index contributed by atoms with van der Waals surface area (Å²) in [5.74, 6) is 8.87. The van der Waals surface area contributed by atoms with Crippen LogP contribution in [0.5, 0.6) is 0 Å². The first-order valence-electron chi connectivity index (χ1n) is 19.9. The van der Waals surface area contributed by atoms with Crippen LogP contribution in [0.3, 0.4) is 0 Å². The van der Waals surface area contributed by atoms with Crippen molar-refractivity contribution in [1.29, 1.82) is 0 Å². The fourth-order valence-electron chi connectivity index (χ4n) is 10.4. The second kappa shape index (κ2) is 14.5. The molecular weight excluding hydrogens is 687 g/mol. The van der Waals surface area contributed by atoms with Gasteiger partial charge in [0.25, 0.3) is 0 Å².